The van der Waals surface area contributed by atoms with E-state index in [9.17, 15) is 4.79 Å². The van der Waals surface area contributed by atoms with Crippen molar-refractivity contribution in [3.63, 3.8) is 0 Å². The standard InChI is InChI=1S/C15H20N4O2.2ClH/c1-3-13(16)15(20)18-11-4-6-12(7-5-11)21-10-14-17-8-9-19(14)2;;/h4-9,13H,3,10,16H2,1-2H3,(H,18,20);2*1H/t13-;;/m0../s1. The van der Waals surface area contributed by atoms with E-state index in [1.54, 1.807) is 30.5 Å². The minimum absolute atomic E-state index is 0. The number of hydrogen-bond acceptors (Lipinski definition) is 4. The number of carbonyl (C=O) groups excluding carboxylic acids is 1. The van der Waals surface area contributed by atoms with Crippen LogP contribution in [0.25, 0.3) is 0 Å². The van der Waals surface area contributed by atoms with Crippen LogP contribution < -0.4 is 15.8 Å². The summed E-state index contributed by atoms with van der Waals surface area (Å²) in [7, 11) is 1.92. The van der Waals surface area contributed by atoms with Crippen LogP contribution >= 0.6 is 24.8 Å². The molecule has 2 rings (SSSR count). The zero-order valence-electron chi connectivity index (χ0n) is 13.1. The number of hydrogen-bond donors (Lipinski definition) is 2. The second-order valence-electron chi connectivity index (χ2n) is 4.77. The Kier molecular flexibility index (Phi) is 9.32. The molecule has 0 fully saturated rings. The summed E-state index contributed by atoms with van der Waals surface area (Å²) >= 11 is 0. The highest BCUT2D eigenvalue weighted by molar-refractivity contribution is 5.94. The molecule has 0 saturated carbocycles. The number of nitrogens with two attached hydrogens (primary N) is 1. The van der Waals surface area contributed by atoms with Crippen LogP contribution in [0.1, 0.15) is 19.2 Å². The van der Waals surface area contributed by atoms with Gasteiger partial charge in [0.2, 0.25) is 5.91 Å². The molecule has 23 heavy (non-hydrogen) atoms. The van der Waals surface area contributed by atoms with Crippen LogP contribution in [0.4, 0.5) is 5.69 Å². The molecule has 1 atom stereocenters. The summed E-state index contributed by atoms with van der Waals surface area (Å²) in [4.78, 5) is 15.9. The highest BCUT2D eigenvalue weighted by Gasteiger charge is 2.10. The maximum atomic E-state index is 11.7. The molecule has 0 spiro atoms. The predicted molar refractivity (Wildman–Crippen MR) is 95.4 cm³/mol. The third-order valence-corrected chi connectivity index (χ3v) is 3.19. The van der Waals surface area contributed by atoms with Gasteiger partial charge in [0.25, 0.3) is 0 Å². The van der Waals surface area contributed by atoms with E-state index >= 15 is 0 Å². The van der Waals surface area contributed by atoms with Crippen molar-refractivity contribution in [3.8, 4) is 5.75 Å². The Balaban J connectivity index is 0.00000242. The first-order valence-electron chi connectivity index (χ1n) is 6.85. The molecule has 128 valence electrons. The van der Waals surface area contributed by atoms with Crippen LogP contribution in [-0.2, 0) is 18.4 Å². The summed E-state index contributed by atoms with van der Waals surface area (Å²) in [5.74, 6) is 1.39. The van der Waals surface area contributed by atoms with Crippen molar-refractivity contribution >= 4 is 36.4 Å². The topological polar surface area (TPSA) is 82.2 Å². The number of anilines is 1. The largest absolute Gasteiger partial charge is 0.486 e. The molecular weight excluding hydrogens is 339 g/mol. The van der Waals surface area contributed by atoms with Gasteiger partial charge in [-0.1, -0.05) is 6.92 Å². The Morgan fingerprint density at radius 3 is 2.52 bits per heavy atom. The fourth-order valence-corrected chi connectivity index (χ4v) is 1.74. The molecule has 0 saturated heterocycles. The lowest BCUT2D eigenvalue weighted by atomic mass is 10.2. The zero-order chi connectivity index (χ0) is 15.2. The van der Waals surface area contributed by atoms with Gasteiger partial charge in [-0.25, -0.2) is 4.98 Å². The lowest BCUT2D eigenvalue weighted by Gasteiger charge is -2.11. The molecule has 2 aromatic rings. The van der Waals surface area contributed by atoms with Gasteiger partial charge in [0.15, 0.2) is 0 Å². The number of nitrogens with zero attached hydrogens (tertiary/aromatic N) is 2. The van der Waals surface area contributed by atoms with Crippen molar-refractivity contribution in [1.29, 1.82) is 0 Å². The number of amides is 1. The fourth-order valence-electron chi connectivity index (χ4n) is 1.74. The van der Waals surface area contributed by atoms with Crippen molar-refractivity contribution in [2.45, 2.75) is 26.0 Å². The zero-order valence-corrected chi connectivity index (χ0v) is 14.7. The number of imidazole rings is 1. The Bertz CT molecular complexity index is 602. The molecule has 1 heterocycles. The van der Waals surface area contributed by atoms with Gasteiger partial charge in [0.1, 0.15) is 18.2 Å². The van der Waals surface area contributed by atoms with Gasteiger partial charge in [0, 0.05) is 25.1 Å². The normalized spacial score (nSPS) is 10.9. The Hall–Kier alpha value is -1.76. The van der Waals surface area contributed by atoms with Crippen molar-refractivity contribution in [1.82, 2.24) is 9.55 Å². The average Bonchev–Trinajstić information content (AvgIpc) is 2.91. The summed E-state index contributed by atoms with van der Waals surface area (Å²) in [5, 5.41) is 2.76. The van der Waals surface area contributed by atoms with E-state index in [1.807, 2.05) is 24.7 Å². The lowest BCUT2D eigenvalue weighted by Crippen LogP contribution is -2.34. The van der Waals surface area contributed by atoms with Gasteiger partial charge < -0.3 is 20.4 Å². The van der Waals surface area contributed by atoms with Crippen LogP contribution in [0, 0.1) is 0 Å². The Morgan fingerprint density at radius 2 is 2.00 bits per heavy atom. The number of aromatic nitrogens is 2. The third kappa shape index (κ3) is 6.09. The van der Waals surface area contributed by atoms with Crippen LogP contribution in [0.2, 0.25) is 0 Å². The minimum atomic E-state index is -0.482. The maximum Gasteiger partial charge on any atom is 0.241 e. The number of aryl methyl sites for hydroxylation is 1. The molecule has 0 aliphatic heterocycles. The van der Waals surface area contributed by atoms with Crippen molar-refractivity contribution in [2.24, 2.45) is 12.8 Å². The molecule has 0 radical (unpaired) electrons. The van der Waals surface area contributed by atoms with E-state index in [0.717, 1.165) is 11.6 Å². The Morgan fingerprint density at radius 1 is 1.35 bits per heavy atom. The summed E-state index contributed by atoms with van der Waals surface area (Å²) in [6.45, 7) is 2.27. The van der Waals surface area contributed by atoms with Crippen molar-refractivity contribution in [3.05, 3.63) is 42.5 Å². The third-order valence-electron chi connectivity index (χ3n) is 3.19. The molecule has 1 aromatic carbocycles. The number of halogens is 2. The van der Waals surface area contributed by atoms with Crippen LogP contribution in [0.3, 0.4) is 0 Å². The van der Waals surface area contributed by atoms with E-state index in [4.69, 9.17) is 10.5 Å². The fraction of sp³-hybridized carbons (Fsp3) is 0.333. The number of carbonyl (C=O) groups is 1. The monoisotopic (exact) mass is 360 g/mol. The van der Waals surface area contributed by atoms with Gasteiger partial charge >= 0.3 is 0 Å². The van der Waals surface area contributed by atoms with Crippen LogP contribution in [0.5, 0.6) is 5.75 Å². The second kappa shape index (κ2) is 10.1. The molecule has 0 aliphatic rings. The molecule has 0 bridgehead atoms. The quantitative estimate of drug-likeness (QED) is 0.828. The minimum Gasteiger partial charge on any atom is -0.486 e. The number of benzene rings is 1. The highest BCUT2D eigenvalue weighted by Crippen LogP contribution is 2.17. The first kappa shape index (κ1) is 21.2. The van der Waals surface area contributed by atoms with Crippen molar-refractivity contribution < 1.29 is 9.53 Å². The van der Waals surface area contributed by atoms with Gasteiger partial charge in [-0.15, -0.1) is 24.8 Å². The molecule has 1 amide bonds. The second-order valence-corrected chi connectivity index (χ2v) is 4.77. The summed E-state index contributed by atoms with van der Waals surface area (Å²) < 4.78 is 7.54. The summed E-state index contributed by atoms with van der Waals surface area (Å²) in [6.07, 6.45) is 4.21. The average molecular weight is 361 g/mol. The van der Waals surface area contributed by atoms with Gasteiger partial charge in [-0.3, -0.25) is 4.79 Å². The maximum absolute atomic E-state index is 11.7. The van der Waals surface area contributed by atoms with E-state index in [0.29, 0.717) is 18.7 Å². The van der Waals surface area contributed by atoms with Gasteiger partial charge in [-0.2, -0.15) is 0 Å². The lowest BCUT2D eigenvalue weighted by molar-refractivity contribution is -0.117. The number of rotatable bonds is 6. The first-order valence-corrected chi connectivity index (χ1v) is 6.85. The molecule has 8 heteroatoms. The molecular formula is C15H22Cl2N4O2. The summed E-state index contributed by atoms with van der Waals surface area (Å²) in [6, 6.07) is 6.69. The Labute approximate surface area is 148 Å². The van der Waals surface area contributed by atoms with E-state index in [1.165, 1.54) is 0 Å². The summed E-state index contributed by atoms with van der Waals surface area (Å²) in [5.41, 5.74) is 6.37. The highest BCUT2D eigenvalue weighted by atomic mass is 35.5. The number of nitrogens with one attached hydrogen (secondary N) is 1. The molecule has 0 aliphatic carbocycles. The molecule has 6 nitrogen and oxygen atoms in total. The van der Waals surface area contributed by atoms with Crippen molar-refractivity contribution in [2.75, 3.05) is 5.32 Å². The SMILES string of the molecule is CC[C@H](N)C(=O)Nc1ccc(OCc2nccn2C)cc1.Cl.Cl. The van der Waals surface area contributed by atoms with Crippen LogP contribution in [-0.4, -0.2) is 21.5 Å². The predicted octanol–water partition coefficient (Wildman–Crippen LogP) is 2.52. The molecule has 3 N–H and O–H groups in total. The van der Waals surface area contributed by atoms with Gasteiger partial charge in [-0.05, 0) is 30.7 Å². The van der Waals surface area contributed by atoms with E-state index in [2.05, 4.69) is 10.3 Å². The van der Waals surface area contributed by atoms with Gasteiger partial charge in [0.05, 0.1) is 6.04 Å². The molecule has 1 aromatic heterocycles. The van der Waals surface area contributed by atoms with Crippen LogP contribution in [0.15, 0.2) is 36.7 Å². The molecule has 0 unspecified atom stereocenters. The smallest absolute Gasteiger partial charge is 0.241 e. The van der Waals surface area contributed by atoms with E-state index < -0.39 is 6.04 Å². The first-order chi connectivity index (χ1) is 10.1. The number of ether oxygens (including phenoxy) is 1. The van der Waals surface area contributed by atoms with E-state index in [-0.39, 0.29) is 30.7 Å².